The predicted molar refractivity (Wildman–Crippen MR) is 104 cm³/mol. The predicted octanol–water partition coefficient (Wildman–Crippen LogP) is 2.07. The zero-order valence-electron chi connectivity index (χ0n) is 14.7. The molecule has 0 saturated heterocycles. The topological polar surface area (TPSA) is 98.8 Å². The lowest BCUT2D eigenvalue weighted by Gasteiger charge is -2.05. The molecule has 0 aromatic rings. The molecular weight excluding hydrogens is 378 g/mol. The number of allylic oxidation sites excluding steroid dienone is 1. The Balaban J connectivity index is 3.43. The van der Waals surface area contributed by atoms with Gasteiger partial charge in [-0.15, -0.1) is 0 Å². The Labute approximate surface area is 161 Å². The number of esters is 2. The van der Waals surface area contributed by atoms with Gasteiger partial charge in [0.05, 0.1) is 26.0 Å². The number of nitrogens with one attached hydrogen (secondary N) is 1. The molecule has 0 rings (SSSR count). The van der Waals surface area contributed by atoms with Crippen LogP contribution in [0.15, 0.2) is 25.3 Å². The minimum absolute atomic E-state index is 0.0620. The van der Waals surface area contributed by atoms with Crippen molar-refractivity contribution in [2.24, 2.45) is 0 Å². The van der Waals surface area contributed by atoms with Crippen LogP contribution in [0.2, 0.25) is 0 Å². The number of carbonyl (C=O) groups excluding carboxylic acids is 4. The molecule has 0 radical (unpaired) electrons. The third-order valence-corrected chi connectivity index (χ3v) is 5.18. The summed E-state index contributed by atoms with van der Waals surface area (Å²) in [5.74, 6) is 0.147. The highest BCUT2D eigenvalue weighted by molar-refractivity contribution is 8.76. The molecule has 0 aliphatic rings. The summed E-state index contributed by atoms with van der Waals surface area (Å²) in [6.45, 7) is 7.29. The number of carbonyl (C=O) groups is 4. The van der Waals surface area contributed by atoms with E-state index in [2.05, 4.69) is 18.5 Å². The van der Waals surface area contributed by atoms with Crippen LogP contribution in [0.5, 0.6) is 0 Å². The number of ketones is 1. The van der Waals surface area contributed by atoms with Gasteiger partial charge in [0.2, 0.25) is 5.91 Å². The van der Waals surface area contributed by atoms with E-state index >= 15 is 0 Å². The van der Waals surface area contributed by atoms with E-state index in [-0.39, 0.29) is 56.2 Å². The van der Waals surface area contributed by atoms with E-state index in [1.54, 1.807) is 0 Å². The van der Waals surface area contributed by atoms with Crippen LogP contribution in [0.4, 0.5) is 0 Å². The largest absolute Gasteiger partial charge is 0.466 e. The van der Waals surface area contributed by atoms with E-state index in [1.165, 1.54) is 27.7 Å². The SMILES string of the molecule is C=CC(=O)CCCOC(=O)CCSSCCC(=O)OCCNC(=O)C=C. The standard InChI is InChI=1S/C17H25NO6S2/c1-3-14(19)6-5-10-23-16(21)7-12-25-26-13-8-17(22)24-11-9-18-15(20)4-2/h3-4H,1-2,5-13H2,(H,18,20). The number of ether oxygens (including phenoxy) is 2. The van der Waals surface area contributed by atoms with Gasteiger partial charge in [0, 0.05) is 17.9 Å². The summed E-state index contributed by atoms with van der Waals surface area (Å²) in [6, 6.07) is 0. The van der Waals surface area contributed by atoms with Gasteiger partial charge < -0.3 is 14.8 Å². The van der Waals surface area contributed by atoms with Crippen molar-refractivity contribution in [3.05, 3.63) is 25.3 Å². The number of hydrogen-bond donors (Lipinski definition) is 1. The summed E-state index contributed by atoms with van der Waals surface area (Å²) < 4.78 is 9.95. The Bertz CT molecular complexity index is 452. The van der Waals surface area contributed by atoms with Gasteiger partial charge >= 0.3 is 11.9 Å². The number of hydrogen-bond acceptors (Lipinski definition) is 8. The van der Waals surface area contributed by atoms with Crippen LogP contribution in [-0.2, 0) is 28.7 Å². The van der Waals surface area contributed by atoms with Crippen LogP contribution in [0, 0.1) is 0 Å². The lowest BCUT2D eigenvalue weighted by molar-refractivity contribution is -0.144. The van der Waals surface area contributed by atoms with Crippen LogP contribution in [-0.4, -0.2) is 54.9 Å². The fraction of sp³-hybridized carbons (Fsp3) is 0.529. The van der Waals surface area contributed by atoms with Crippen molar-refractivity contribution in [2.75, 3.05) is 31.3 Å². The highest BCUT2D eigenvalue weighted by atomic mass is 33.1. The van der Waals surface area contributed by atoms with Gasteiger partial charge in [-0.1, -0.05) is 34.7 Å². The quantitative estimate of drug-likeness (QED) is 0.181. The lowest BCUT2D eigenvalue weighted by atomic mass is 10.2. The van der Waals surface area contributed by atoms with E-state index in [1.807, 2.05) is 0 Å². The molecule has 0 saturated carbocycles. The van der Waals surface area contributed by atoms with Gasteiger partial charge in [0.1, 0.15) is 6.61 Å². The van der Waals surface area contributed by atoms with E-state index < -0.39 is 0 Å². The Morgan fingerprint density at radius 1 is 0.846 bits per heavy atom. The highest BCUT2D eigenvalue weighted by Gasteiger charge is 2.06. The first kappa shape index (κ1) is 24.3. The zero-order valence-corrected chi connectivity index (χ0v) is 16.3. The minimum atomic E-state index is -0.334. The first-order chi connectivity index (χ1) is 12.5. The van der Waals surface area contributed by atoms with Crippen LogP contribution < -0.4 is 5.32 Å². The normalized spacial score (nSPS) is 9.85. The van der Waals surface area contributed by atoms with Crippen LogP contribution in [0.1, 0.15) is 25.7 Å². The number of rotatable bonds is 16. The summed E-state index contributed by atoms with van der Waals surface area (Å²) in [6.07, 6.45) is 3.77. The fourth-order valence-corrected chi connectivity index (χ4v) is 3.40. The van der Waals surface area contributed by atoms with Crippen molar-refractivity contribution >= 4 is 45.2 Å². The molecule has 26 heavy (non-hydrogen) atoms. The van der Waals surface area contributed by atoms with Gasteiger partial charge in [-0.2, -0.15) is 0 Å². The van der Waals surface area contributed by atoms with Crippen molar-refractivity contribution in [3.63, 3.8) is 0 Å². The average Bonchev–Trinajstić information content (AvgIpc) is 2.64. The van der Waals surface area contributed by atoms with Crippen molar-refractivity contribution in [2.45, 2.75) is 25.7 Å². The lowest BCUT2D eigenvalue weighted by Crippen LogP contribution is -2.26. The Morgan fingerprint density at radius 2 is 1.42 bits per heavy atom. The summed E-state index contributed by atoms with van der Waals surface area (Å²) >= 11 is 0. The van der Waals surface area contributed by atoms with E-state index in [4.69, 9.17) is 9.47 Å². The third-order valence-electron chi connectivity index (χ3n) is 2.77. The molecule has 146 valence electrons. The van der Waals surface area contributed by atoms with Gasteiger partial charge in [-0.05, 0) is 18.6 Å². The van der Waals surface area contributed by atoms with Crippen molar-refractivity contribution in [1.29, 1.82) is 0 Å². The van der Waals surface area contributed by atoms with Crippen molar-refractivity contribution in [3.8, 4) is 0 Å². The molecule has 0 aromatic heterocycles. The Hall–Kier alpha value is -1.74. The Morgan fingerprint density at radius 3 is 1.96 bits per heavy atom. The second-order valence-corrected chi connectivity index (χ2v) is 7.56. The van der Waals surface area contributed by atoms with Crippen LogP contribution in [0.25, 0.3) is 0 Å². The average molecular weight is 404 g/mol. The van der Waals surface area contributed by atoms with E-state index in [9.17, 15) is 19.2 Å². The smallest absolute Gasteiger partial charge is 0.306 e. The molecule has 0 heterocycles. The molecule has 0 aromatic carbocycles. The second-order valence-electron chi connectivity index (χ2n) is 4.85. The van der Waals surface area contributed by atoms with Gasteiger partial charge in [-0.3, -0.25) is 19.2 Å². The van der Waals surface area contributed by atoms with Crippen molar-refractivity contribution < 1.29 is 28.7 Å². The molecule has 0 spiro atoms. The van der Waals surface area contributed by atoms with Crippen LogP contribution >= 0.6 is 21.6 Å². The molecule has 7 nitrogen and oxygen atoms in total. The monoisotopic (exact) mass is 403 g/mol. The van der Waals surface area contributed by atoms with Crippen LogP contribution in [0.3, 0.4) is 0 Å². The summed E-state index contributed by atoms with van der Waals surface area (Å²) in [4.78, 5) is 44.7. The first-order valence-corrected chi connectivity index (χ1v) is 10.6. The van der Waals surface area contributed by atoms with Gasteiger partial charge in [-0.25, -0.2) is 0 Å². The third kappa shape index (κ3) is 15.8. The molecular formula is C17H25NO6S2. The highest BCUT2D eigenvalue weighted by Crippen LogP contribution is 2.22. The molecule has 0 aliphatic carbocycles. The van der Waals surface area contributed by atoms with Gasteiger partial charge in [0.25, 0.3) is 0 Å². The minimum Gasteiger partial charge on any atom is -0.466 e. The molecule has 0 aliphatic heterocycles. The fourth-order valence-electron chi connectivity index (χ4n) is 1.46. The van der Waals surface area contributed by atoms with E-state index in [0.29, 0.717) is 24.3 Å². The van der Waals surface area contributed by atoms with Gasteiger partial charge in [0.15, 0.2) is 5.78 Å². The van der Waals surface area contributed by atoms with Crippen molar-refractivity contribution in [1.82, 2.24) is 5.32 Å². The second kappa shape index (κ2) is 16.7. The summed E-state index contributed by atoms with van der Waals surface area (Å²) in [5.41, 5.74) is 0. The summed E-state index contributed by atoms with van der Waals surface area (Å²) in [7, 11) is 2.95. The maximum Gasteiger partial charge on any atom is 0.306 e. The molecule has 9 heteroatoms. The molecule has 0 unspecified atom stereocenters. The zero-order chi connectivity index (χ0) is 19.6. The molecule has 0 atom stereocenters. The molecule has 0 fully saturated rings. The maximum atomic E-state index is 11.5. The number of amides is 1. The molecule has 0 bridgehead atoms. The molecule has 1 amide bonds. The molecule has 1 N–H and O–H groups in total. The Kier molecular flexibility index (Phi) is 15.6. The first-order valence-electron chi connectivity index (χ1n) is 8.10. The maximum absolute atomic E-state index is 11.5. The summed E-state index contributed by atoms with van der Waals surface area (Å²) in [5, 5.41) is 2.50. The van der Waals surface area contributed by atoms with E-state index in [0.717, 1.165) is 6.08 Å².